The van der Waals surface area contributed by atoms with Crippen LogP contribution in [0.4, 0.5) is 5.69 Å². The Hall–Kier alpha value is -6.94. The van der Waals surface area contributed by atoms with Gasteiger partial charge in [0.05, 0.1) is 46.8 Å². The number of thiophene rings is 1. The second-order valence-electron chi connectivity index (χ2n) is 13.9. The summed E-state index contributed by atoms with van der Waals surface area (Å²) in [6.45, 7) is 0. The van der Waals surface area contributed by atoms with E-state index in [1.165, 1.54) is 0 Å². The van der Waals surface area contributed by atoms with E-state index in [0.29, 0.717) is 27.3 Å². The Morgan fingerprint density at radius 3 is 2.00 bits per heavy atom. The molecule has 3 heterocycles. The Morgan fingerprint density at radius 1 is 0.557 bits per heavy atom. The van der Waals surface area contributed by atoms with Crippen LogP contribution in [-0.4, -0.2) is 10.7 Å². The van der Waals surface area contributed by atoms with Crippen LogP contribution in [0.15, 0.2) is 187 Å². The Bertz CT molecular complexity index is 5020. The van der Waals surface area contributed by atoms with Gasteiger partial charge in [0, 0.05) is 38.1 Å². The van der Waals surface area contributed by atoms with Gasteiger partial charge in [0.15, 0.2) is 0 Å². The van der Waals surface area contributed by atoms with Crippen LogP contribution in [0.1, 0.15) is 94.7 Å². The lowest BCUT2D eigenvalue weighted by Crippen LogP contribution is -2.35. The largest absolute Gasteiger partial charge is 0.254 e. The standard InChI is InChI=1S/C58H42N2S/c1-2-12-39(13-3-1)55-48-19-6-8-21-50(48)56(51-22-9-7-20-49(51)55)54-34-33-53(61-54)43-15-10-14-42(36-43)37-23-25-38(26-24-37)44-30-31-47(46-18-5-4-17-45(44)46)52-32-29-41-28-27-40-16-11-35-59-57(40)58(41)60-52/h1-9,11-13,15-28,33-36H,10,14,29-32H2/i1D,2D,3D,6D,7D,8D,9D,10D,11D,12D,13D,14D,15D,16D,19D,20D,21D,22D,23D,24D,25D,26D,27D,28D,29D,32D,33D,34D,35D,36D. The Labute approximate surface area is 402 Å². The van der Waals surface area contributed by atoms with Gasteiger partial charge in [-0.15, -0.1) is 11.3 Å². The number of benzene rings is 7. The van der Waals surface area contributed by atoms with Gasteiger partial charge in [0.2, 0.25) is 0 Å². The summed E-state index contributed by atoms with van der Waals surface area (Å²) < 4.78 is 272. The molecule has 3 heteroatoms. The predicted molar refractivity (Wildman–Crippen MR) is 260 cm³/mol. The third kappa shape index (κ3) is 6.23. The van der Waals surface area contributed by atoms with Gasteiger partial charge in [-0.25, -0.2) is 0 Å². The minimum Gasteiger partial charge on any atom is -0.254 e. The third-order valence-electron chi connectivity index (χ3n) is 10.6. The maximum Gasteiger partial charge on any atom is 0.0961 e. The summed E-state index contributed by atoms with van der Waals surface area (Å²) >= 11 is 0.427. The molecule has 0 saturated heterocycles. The molecule has 4 unspecified atom stereocenters. The fraction of sp³-hybridized carbons (Fsp3) is 0.103. The van der Waals surface area contributed by atoms with Crippen molar-refractivity contribution in [2.75, 3.05) is 0 Å². The molecule has 4 atom stereocenters. The van der Waals surface area contributed by atoms with E-state index in [1.54, 1.807) is 24.3 Å². The van der Waals surface area contributed by atoms with E-state index in [0.717, 1.165) is 0 Å². The molecule has 0 N–H and O–H groups in total. The van der Waals surface area contributed by atoms with E-state index in [-0.39, 0.29) is 51.8 Å². The van der Waals surface area contributed by atoms with Gasteiger partial charge < -0.3 is 0 Å². The first-order chi connectivity index (χ1) is 42.7. The van der Waals surface area contributed by atoms with Crippen LogP contribution in [-0.2, 0) is 6.40 Å². The molecule has 1 aliphatic heterocycles. The van der Waals surface area contributed by atoms with Crippen molar-refractivity contribution in [3.8, 4) is 21.6 Å². The molecule has 0 saturated carbocycles. The number of hydrogen-bond donors (Lipinski definition) is 0. The molecule has 9 aromatic rings. The smallest absolute Gasteiger partial charge is 0.0961 e. The average molecular weight is 829 g/mol. The first kappa shape index (κ1) is 16.8. The van der Waals surface area contributed by atoms with Crippen LogP contribution < -0.4 is 10.4 Å². The fourth-order valence-corrected chi connectivity index (χ4v) is 8.83. The highest BCUT2D eigenvalue weighted by Crippen LogP contribution is 2.46. The van der Waals surface area contributed by atoms with E-state index < -0.39 is 248 Å². The maximum atomic E-state index is 9.76. The van der Waals surface area contributed by atoms with E-state index in [4.69, 9.17) is 24.2 Å². The van der Waals surface area contributed by atoms with Crippen LogP contribution in [0, 0.1) is 0 Å². The summed E-state index contributed by atoms with van der Waals surface area (Å²) in [5, 5.41) is -1.80. The van der Waals surface area contributed by atoms with Crippen molar-refractivity contribution >= 4 is 77.5 Å². The van der Waals surface area contributed by atoms with Crippen molar-refractivity contribution in [3.63, 3.8) is 0 Å². The van der Waals surface area contributed by atoms with E-state index in [9.17, 15) is 21.9 Å². The molecule has 3 aliphatic rings. The molecule has 61 heavy (non-hydrogen) atoms. The minimum absolute atomic E-state index is 0.0226. The molecule has 0 amide bonds. The average Bonchev–Trinajstić information content (AvgIpc) is 1.51. The van der Waals surface area contributed by atoms with Gasteiger partial charge in [-0.1, -0.05) is 157 Å². The van der Waals surface area contributed by atoms with E-state index >= 15 is 0 Å². The summed E-state index contributed by atoms with van der Waals surface area (Å²) in [7, 11) is 0. The minimum atomic E-state index is -1.97. The van der Waals surface area contributed by atoms with Crippen molar-refractivity contribution in [2.45, 2.75) is 38.4 Å². The highest BCUT2D eigenvalue weighted by Gasteiger charge is 2.23. The molecule has 2 aliphatic carbocycles. The Morgan fingerprint density at radius 2 is 1.23 bits per heavy atom. The first-order valence-electron chi connectivity index (χ1n) is 34.2. The highest BCUT2D eigenvalue weighted by atomic mass is 32.1. The lowest BCUT2D eigenvalue weighted by Gasteiger charge is -2.22. The summed E-state index contributed by atoms with van der Waals surface area (Å²) in [5.41, 5.74) is -3.43. The SMILES string of the molecule is [2H]C1=C(c2c([2H])c([2H])c(C3=c4ccccc4=C(C4=Nc5c(c([2H])c([2H])c6c([2H])c([2H])c([2H])nc56)C([2H])C4[2H])CC3)c([2H])c2[2H])C([2H])C([2H])C([2H])=C1c1sc(-c2c3c([2H])c([2H])c([2H])c([2H])c3c(-c3c([2H])c([2H])c([2H])c([2H])c3[2H])c3c([2H])c([2H])c([2H])c([2H])c23)c([2H])c1[2H]. The topological polar surface area (TPSA) is 25.2 Å². The zero-order valence-electron chi connectivity index (χ0n) is 61.3. The molecule has 12 rings (SSSR count). The molecular formula is C58H42N2S. The molecule has 0 radical (unpaired) electrons. The van der Waals surface area contributed by atoms with E-state index in [1.807, 2.05) is 0 Å². The molecular weight excluding hydrogens is 757 g/mol. The van der Waals surface area contributed by atoms with Crippen LogP contribution in [0.25, 0.3) is 76.3 Å². The lowest BCUT2D eigenvalue weighted by molar-refractivity contribution is 0.991. The van der Waals surface area contributed by atoms with Gasteiger partial charge in [0.1, 0.15) is 0 Å². The lowest BCUT2D eigenvalue weighted by atomic mass is 9.85. The van der Waals surface area contributed by atoms with Crippen LogP contribution in [0.3, 0.4) is 0 Å². The number of rotatable bonds is 6. The van der Waals surface area contributed by atoms with Crippen molar-refractivity contribution in [2.24, 2.45) is 4.99 Å². The van der Waals surface area contributed by atoms with Gasteiger partial charge in [-0.05, 0) is 139 Å². The number of aliphatic imine (C=N–C) groups is 1. The second kappa shape index (κ2) is 15.0. The molecule has 2 aromatic heterocycles. The van der Waals surface area contributed by atoms with Crippen molar-refractivity contribution in [1.29, 1.82) is 0 Å². The van der Waals surface area contributed by atoms with Crippen LogP contribution in [0.2, 0.25) is 0 Å². The molecule has 0 spiro atoms. The number of pyridine rings is 1. The van der Waals surface area contributed by atoms with Crippen molar-refractivity contribution in [1.82, 2.24) is 4.98 Å². The number of fused-ring (bicyclic) bond motifs is 6. The van der Waals surface area contributed by atoms with Crippen LogP contribution in [0.5, 0.6) is 0 Å². The molecule has 2 nitrogen and oxygen atoms in total. The maximum absolute atomic E-state index is 9.76. The van der Waals surface area contributed by atoms with Gasteiger partial charge in [-0.2, -0.15) is 0 Å². The fourth-order valence-electron chi connectivity index (χ4n) is 7.90. The zero-order valence-corrected chi connectivity index (χ0v) is 32.2. The number of allylic oxidation sites excluding steroid dienone is 4. The van der Waals surface area contributed by atoms with E-state index in [2.05, 4.69) is 4.98 Å². The predicted octanol–water partition coefficient (Wildman–Crippen LogP) is 14.1. The molecule has 290 valence electrons. The number of aromatic nitrogens is 1. The summed E-state index contributed by atoms with van der Waals surface area (Å²) in [4.78, 5) is 8.02. The Kier molecular flexibility index (Phi) is 4.13. The number of nitrogens with zero attached hydrogens (tertiary/aromatic N) is 2. The first-order valence-corrected chi connectivity index (χ1v) is 19.7. The van der Waals surface area contributed by atoms with Crippen LogP contribution >= 0.6 is 11.3 Å². The van der Waals surface area contributed by atoms with Crippen molar-refractivity contribution in [3.05, 3.63) is 214 Å². The Balaban J connectivity index is 1.07. The van der Waals surface area contributed by atoms with Gasteiger partial charge in [0.25, 0.3) is 0 Å². The summed E-state index contributed by atoms with van der Waals surface area (Å²) in [6.07, 6.45) is -7.49. The molecule has 7 aromatic carbocycles. The highest BCUT2D eigenvalue weighted by molar-refractivity contribution is 7.16. The number of hydrogen-bond acceptors (Lipinski definition) is 3. The quantitative estimate of drug-likeness (QED) is 0.153. The monoisotopic (exact) mass is 828 g/mol. The van der Waals surface area contributed by atoms with Crippen molar-refractivity contribution < 1.29 is 41.1 Å². The van der Waals surface area contributed by atoms with Gasteiger partial charge >= 0.3 is 0 Å². The third-order valence-corrected chi connectivity index (χ3v) is 11.6. The summed E-state index contributed by atoms with van der Waals surface area (Å²) in [6, 6.07) is -13.2. The normalized spacial score (nSPS) is 27.1. The summed E-state index contributed by atoms with van der Waals surface area (Å²) in [5.74, 6) is 0. The molecule has 0 fully saturated rings. The van der Waals surface area contributed by atoms with Gasteiger partial charge in [-0.3, -0.25) is 9.98 Å². The molecule has 0 bridgehead atoms. The zero-order chi connectivity index (χ0) is 66.4. The second-order valence-corrected chi connectivity index (χ2v) is 15.0.